The molecule has 0 fully saturated rings. The third-order valence-corrected chi connectivity index (χ3v) is 3.65. The van der Waals surface area contributed by atoms with Crippen molar-refractivity contribution < 1.29 is 21.6 Å². The van der Waals surface area contributed by atoms with Gasteiger partial charge in [-0.2, -0.15) is 13.2 Å². The summed E-state index contributed by atoms with van der Waals surface area (Å²) in [5, 5.41) is 4.87. The quantitative estimate of drug-likeness (QED) is 0.927. The van der Waals surface area contributed by atoms with Gasteiger partial charge in [-0.05, 0) is 17.2 Å². The first-order valence-corrected chi connectivity index (χ1v) is 7.04. The summed E-state index contributed by atoms with van der Waals surface area (Å²) in [4.78, 5) is -0.925. The topological polar surface area (TPSA) is 60.2 Å². The maximum atomic E-state index is 13.2. The van der Waals surface area contributed by atoms with E-state index in [1.807, 2.05) is 0 Å². The Kier molecular flexibility index (Phi) is 3.58. The Hall–Kier alpha value is -1.86. The van der Waals surface area contributed by atoms with Crippen LogP contribution in [0.5, 0.6) is 0 Å². The average Bonchev–Trinajstić information content (AvgIpc) is 2.37. The molecule has 0 atom stereocenters. The standard InChI is InChI=1S/C13H10F3NO2S/c14-13(15,16)12-10(9-5-2-1-3-6-9)7-4-8-11(12)20(17,18)19/h1-8H,(H2,17,18,19). The summed E-state index contributed by atoms with van der Waals surface area (Å²) in [6, 6.07) is 11.0. The van der Waals surface area contributed by atoms with E-state index in [9.17, 15) is 21.6 Å². The van der Waals surface area contributed by atoms with Gasteiger partial charge < -0.3 is 0 Å². The van der Waals surface area contributed by atoms with Crippen LogP contribution in [0.2, 0.25) is 0 Å². The van der Waals surface area contributed by atoms with E-state index in [4.69, 9.17) is 5.14 Å². The first-order chi connectivity index (χ1) is 9.21. The predicted molar refractivity (Wildman–Crippen MR) is 68.3 cm³/mol. The molecule has 0 aliphatic rings. The number of primary sulfonamides is 1. The SMILES string of the molecule is NS(=O)(=O)c1cccc(-c2ccccc2)c1C(F)(F)F. The average molecular weight is 301 g/mol. The molecule has 0 saturated carbocycles. The molecule has 3 nitrogen and oxygen atoms in total. The number of halogens is 3. The molecule has 106 valence electrons. The number of rotatable bonds is 2. The smallest absolute Gasteiger partial charge is 0.225 e. The van der Waals surface area contributed by atoms with E-state index in [1.54, 1.807) is 18.2 Å². The van der Waals surface area contributed by atoms with E-state index in [2.05, 4.69) is 0 Å². The highest BCUT2D eigenvalue weighted by molar-refractivity contribution is 7.89. The predicted octanol–water partition coefficient (Wildman–Crippen LogP) is 3.02. The molecular weight excluding hydrogens is 291 g/mol. The lowest BCUT2D eigenvalue weighted by Gasteiger charge is -2.16. The number of alkyl halides is 3. The van der Waals surface area contributed by atoms with Gasteiger partial charge in [0.05, 0.1) is 10.5 Å². The zero-order chi connectivity index (χ0) is 15.0. The first-order valence-electron chi connectivity index (χ1n) is 5.49. The van der Waals surface area contributed by atoms with Gasteiger partial charge in [0.1, 0.15) is 0 Å². The Balaban J connectivity index is 2.84. The van der Waals surface area contributed by atoms with Crippen LogP contribution >= 0.6 is 0 Å². The molecule has 0 aliphatic carbocycles. The Labute approximate surface area is 113 Å². The highest BCUT2D eigenvalue weighted by Crippen LogP contribution is 2.40. The van der Waals surface area contributed by atoms with E-state index in [1.165, 1.54) is 24.3 Å². The summed E-state index contributed by atoms with van der Waals surface area (Å²) in [7, 11) is -4.47. The second-order valence-electron chi connectivity index (χ2n) is 4.09. The van der Waals surface area contributed by atoms with Crippen LogP contribution in [0.1, 0.15) is 5.56 Å². The zero-order valence-corrected chi connectivity index (χ0v) is 10.9. The summed E-state index contributed by atoms with van der Waals surface area (Å²) >= 11 is 0. The number of benzene rings is 2. The molecule has 2 rings (SSSR count). The molecule has 7 heteroatoms. The number of nitrogens with two attached hydrogens (primary N) is 1. The van der Waals surface area contributed by atoms with Gasteiger partial charge in [-0.25, -0.2) is 13.6 Å². The van der Waals surface area contributed by atoms with Crippen molar-refractivity contribution in [1.82, 2.24) is 0 Å². The minimum Gasteiger partial charge on any atom is -0.225 e. The van der Waals surface area contributed by atoms with Crippen LogP contribution in [0, 0.1) is 0 Å². The molecule has 2 aromatic rings. The lowest BCUT2D eigenvalue weighted by atomic mass is 9.99. The van der Waals surface area contributed by atoms with Gasteiger partial charge in [-0.3, -0.25) is 0 Å². The van der Waals surface area contributed by atoms with Gasteiger partial charge >= 0.3 is 6.18 Å². The second kappa shape index (κ2) is 4.92. The molecule has 0 aromatic heterocycles. The van der Waals surface area contributed by atoms with Crippen molar-refractivity contribution in [1.29, 1.82) is 0 Å². The lowest BCUT2D eigenvalue weighted by Crippen LogP contribution is -2.19. The Morgan fingerprint density at radius 2 is 1.50 bits per heavy atom. The fraction of sp³-hybridized carbons (Fsp3) is 0.0769. The molecule has 0 saturated heterocycles. The first kappa shape index (κ1) is 14.5. The highest BCUT2D eigenvalue weighted by Gasteiger charge is 2.39. The minimum absolute atomic E-state index is 0.218. The molecule has 0 bridgehead atoms. The van der Waals surface area contributed by atoms with Crippen LogP contribution in [-0.2, 0) is 16.2 Å². The van der Waals surface area contributed by atoms with Crippen LogP contribution in [0.3, 0.4) is 0 Å². The van der Waals surface area contributed by atoms with Crippen LogP contribution in [0.15, 0.2) is 53.4 Å². The molecule has 20 heavy (non-hydrogen) atoms. The van der Waals surface area contributed by atoms with E-state index >= 15 is 0 Å². The minimum atomic E-state index is -4.83. The molecule has 0 spiro atoms. The van der Waals surface area contributed by atoms with Gasteiger partial charge in [0.25, 0.3) is 0 Å². The summed E-state index contributed by atoms with van der Waals surface area (Å²) in [5.41, 5.74) is -1.19. The number of hydrogen-bond donors (Lipinski definition) is 1. The molecule has 0 radical (unpaired) electrons. The fourth-order valence-corrected chi connectivity index (χ4v) is 2.70. The van der Waals surface area contributed by atoms with Crippen molar-refractivity contribution >= 4 is 10.0 Å². The molecule has 0 heterocycles. The van der Waals surface area contributed by atoms with Gasteiger partial charge in [-0.1, -0.05) is 42.5 Å². The Morgan fingerprint density at radius 3 is 2.00 bits per heavy atom. The van der Waals surface area contributed by atoms with Crippen LogP contribution in [0.25, 0.3) is 11.1 Å². The molecular formula is C13H10F3NO2S. The van der Waals surface area contributed by atoms with Crippen LogP contribution < -0.4 is 5.14 Å². The van der Waals surface area contributed by atoms with E-state index in [0.29, 0.717) is 0 Å². The lowest BCUT2D eigenvalue weighted by molar-refractivity contribution is -0.139. The molecule has 0 amide bonds. The summed E-state index contributed by atoms with van der Waals surface area (Å²) in [6.07, 6.45) is -4.83. The maximum absolute atomic E-state index is 13.2. The monoisotopic (exact) mass is 301 g/mol. The van der Waals surface area contributed by atoms with E-state index < -0.39 is 26.7 Å². The van der Waals surface area contributed by atoms with Crippen molar-refractivity contribution in [3.05, 3.63) is 54.1 Å². The van der Waals surface area contributed by atoms with Crippen molar-refractivity contribution in [2.45, 2.75) is 11.1 Å². The molecule has 2 N–H and O–H groups in total. The zero-order valence-electron chi connectivity index (χ0n) is 10.1. The maximum Gasteiger partial charge on any atom is 0.418 e. The van der Waals surface area contributed by atoms with Crippen molar-refractivity contribution in [3.63, 3.8) is 0 Å². The normalized spacial score (nSPS) is 12.4. The van der Waals surface area contributed by atoms with Crippen molar-refractivity contribution in [2.75, 3.05) is 0 Å². The van der Waals surface area contributed by atoms with Crippen molar-refractivity contribution in [3.8, 4) is 11.1 Å². The van der Waals surface area contributed by atoms with Gasteiger partial charge in [0.2, 0.25) is 10.0 Å². The molecule has 0 aliphatic heterocycles. The number of hydrogen-bond acceptors (Lipinski definition) is 2. The van der Waals surface area contributed by atoms with Gasteiger partial charge in [0, 0.05) is 0 Å². The van der Waals surface area contributed by atoms with Gasteiger partial charge in [0.15, 0.2) is 0 Å². The summed E-state index contributed by atoms with van der Waals surface area (Å²) < 4.78 is 62.3. The Bertz CT molecular complexity index is 725. The highest BCUT2D eigenvalue weighted by atomic mass is 32.2. The van der Waals surface area contributed by atoms with Crippen molar-refractivity contribution in [2.24, 2.45) is 5.14 Å². The summed E-state index contributed by atoms with van der Waals surface area (Å²) in [6.45, 7) is 0. The van der Waals surface area contributed by atoms with Crippen LogP contribution in [-0.4, -0.2) is 8.42 Å². The van der Waals surface area contributed by atoms with Gasteiger partial charge in [-0.15, -0.1) is 0 Å². The third-order valence-electron chi connectivity index (χ3n) is 2.70. The largest absolute Gasteiger partial charge is 0.418 e. The van der Waals surface area contributed by atoms with Crippen LogP contribution in [0.4, 0.5) is 13.2 Å². The van der Waals surface area contributed by atoms with E-state index in [0.717, 1.165) is 6.07 Å². The number of sulfonamides is 1. The van der Waals surface area contributed by atoms with E-state index in [-0.39, 0.29) is 11.1 Å². The summed E-state index contributed by atoms with van der Waals surface area (Å²) in [5.74, 6) is 0. The third kappa shape index (κ3) is 2.83. The molecule has 0 unspecified atom stereocenters. The Morgan fingerprint density at radius 1 is 0.900 bits per heavy atom. The molecule has 2 aromatic carbocycles. The second-order valence-corrected chi connectivity index (χ2v) is 5.62. The fourth-order valence-electron chi connectivity index (χ4n) is 1.92.